The minimum absolute atomic E-state index is 0.149. The van der Waals surface area contributed by atoms with Crippen LogP contribution in [-0.2, 0) is 6.54 Å². The van der Waals surface area contributed by atoms with Gasteiger partial charge in [-0.15, -0.1) is 0 Å². The van der Waals surface area contributed by atoms with Crippen molar-refractivity contribution in [1.82, 2.24) is 39.6 Å². The molecule has 13 heteroatoms. The Kier molecular flexibility index (Phi) is 7.17. The normalized spacial score (nSPS) is 10.7. The van der Waals surface area contributed by atoms with Crippen molar-refractivity contribution >= 4 is 29.2 Å². The molecular weight excluding hydrogens is 509 g/mol. The number of pyridine rings is 3. The van der Waals surface area contributed by atoms with Gasteiger partial charge >= 0.3 is 0 Å². The summed E-state index contributed by atoms with van der Waals surface area (Å²) >= 11 is 1.20. The minimum Gasteiger partial charge on any atom is -0.481 e. The lowest BCUT2D eigenvalue weighted by Crippen LogP contribution is -2.25. The molecule has 2 N–H and O–H groups in total. The Morgan fingerprint density at radius 2 is 1.87 bits per heavy atom. The van der Waals surface area contributed by atoms with Gasteiger partial charge < -0.3 is 15.4 Å². The predicted molar refractivity (Wildman–Crippen MR) is 138 cm³/mol. The molecule has 5 aromatic heterocycles. The molecule has 0 saturated heterocycles. The van der Waals surface area contributed by atoms with Crippen LogP contribution >= 0.6 is 11.5 Å². The number of rotatable bonds is 8. The zero-order valence-electron chi connectivity index (χ0n) is 20.2. The Hall–Kier alpha value is -4.91. The van der Waals surface area contributed by atoms with Crippen LogP contribution in [0.15, 0.2) is 60.5 Å². The molecule has 0 unspecified atom stereocenters. The van der Waals surface area contributed by atoms with Gasteiger partial charge in [-0.2, -0.15) is 4.37 Å². The molecule has 11 nitrogen and oxygen atoms in total. The molecule has 0 atom stereocenters. The summed E-state index contributed by atoms with van der Waals surface area (Å²) < 4.78 is 24.0. The van der Waals surface area contributed by atoms with Crippen molar-refractivity contribution in [3.8, 4) is 28.5 Å². The van der Waals surface area contributed by atoms with Gasteiger partial charge in [-0.05, 0) is 42.2 Å². The number of hydrogen-bond donors (Lipinski definition) is 2. The van der Waals surface area contributed by atoms with E-state index in [0.29, 0.717) is 28.9 Å². The van der Waals surface area contributed by atoms with Crippen LogP contribution in [0.3, 0.4) is 0 Å². The number of ether oxygens (including phenoxy) is 1. The van der Waals surface area contributed by atoms with E-state index in [9.17, 15) is 9.18 Å². The number of methoxy groups -OCH3 is 1. The first-order valence-electron chi connectivity index (χ1n) is 11.3. The van der Waals surface area contributed by atoms with Crippen LogP contribution in [-0.4, -0.2) is 47.3 Å². The maximum Gasteiger partial charge on any atom is 0.273 e. The number of nitrogens with one attached hydrogen (secondary N) is 2. The second-order valence-corrected chi connectivity index (χ2v) is 8.58. The third-order valence-electron chi connectivity index (χ3n) is 5.29. The molecule has 0 aliphatic heterocycles. The lowest BCUT2D eigenvalue weighted by atomic mass is 10.1. The zero-order chi connectivity index (χ0) is 26.5. The number of aryl methyl sites for hydroxylation is 1. The lowest BCUT2D eigenvalue weighted by Gasteiger charge is -2.09. The Morgan fingerprint density at radius 1 is 1.00 bits per heavy atom. The van der Waals surface area contributed by atoms with Gasteiger partial charge in [0, 0.05) is 54.1 Å². The van der Waals surface area contributed by atoms with Gasteiger partial charge in [0.15, 0.2) is 17.3 Å². The van der Waals surface area contributed by atoms with Gasteiger partial charge in [-0.25, -0.2) is 29.3 Å². The van der Waals surface area contributed by atoms with Gasteiger partial charge in [0.2, 0.25) is 11.8 Å². The minimum atomic E-state index is -0.790. The Morgan fingerprint density at radius 3 is 2.55 bits per heavy atom. The summed E-state index contributed by atoms with van der Waals surface area (Å²) in [7, 11) is 1.55. The molecule has 0 saturated carbocycles. The summed E-state index contributed by atoms with van der Waals surface area (Å²) in [6.45, 7) is 1.93. The SMILES string of the molecule is COc1ccc(-c2ccc(CNC(=O)c3ncc(-c4nc(C)cc(Nc5ncsn5)n4)cc3F)cn2)cn1. The van der Waals surface area contributed by atoms with Crippen molar-refractivity contribution in [2.75, 3.05) is 12.4 Å². The first-order valence-corrected chi connectivity index (χ1v) is 12.1. The van der Waals surface area contributed by atoms with Crippen molar-refractivity contribution in [2.45, 2.75) is 13.5 Å². The fraction of sp³-hybridized carbons (Fsp3) is 0.120. The largest absolute Gasteiger partial charge is 0.481 e. The molecule has 1 amide bonds. The maximum atomic E-state index is 14.9. The highest BCUT2D eigenvalue weighted by Crippen LogP contribution is 2.21. The van der Waals surface area contributed by atoms with Crippen molar-refractivity contribution in [2.24, 2.45) is 0 Å². The van der Waals surface area contributed by atoms with E-state index in [4.69, 9.17) is 4.74 Å². The summed E-state index contributed by atoms with van der Waals surface area (Å²) in [5.41, 5.74) is 4.52. The van der Waals surface area contributed by atoms with Crippen LogP contribution in [0.4, 0.5) is 16.2 Å². The Bertz CT molecular complexity index is 1560. The van der Waals surface area contributed by atoms with E-state index in [1.165, 1.54) is 23.8 Å². The third kappa shape index (κ3) is 5.73. The van der Waals surface area contributed by atoms with Crippen LogP contribution in [0.2, 0.25) is 0 Å². The van der Waals surface area contributed by atoms with Crippen LogP contribution in [0.1, 0.15) is 21.7 Å². The maximum absolute atomic E-state index is 14.9. The standard InChI is InChI=1S/C25H20FN9O2S/c1-14-7-20(34-25-31-13-38-35-25)33-23(32-14)17-8-18(26)22(29-12-17)24(36)30-10-15-3-5-19(27-9-15)16-4-6-21(37-2)28-11-16/h3-9,11-13H,10H2,1-2H3,(H,30,36)(H,32,33,34,35). The molecule has 38 heavy (non-hydrogen) atoms. The number of halogens is 1. The van der Waals surface area contributed by atoms with E-state index in [1.807, 2.05) is 18.2 Å². The van der Waals surface area contributed by atoms with Crippen molar-refractivity contribution in [1.29, 1.82) is 0 Å². The fourth-order valence-electron chi connectivity index (χ4n) is 3.45. The molecule has 0 aromatic carbocycles. The fourth-order valence-corrected chi connectivity index (χ4v) is 3.83. The average Bonchev–Trinajstić information content (AvgIpc) is 3.45. The molecule has 0 aliphatic carbocycles. The van der Waals surface area contributed by atoms with E-state index in [-0.39, 0.29) is 18.1 Å². The summed E-state index contributed by atoms with van der Waals surface area (Å²) in [4.78, 5) is 38.0. The number of anilines is 2. The zero-order valence-corrected chi connectivity index (χ0v) is 21.0. The quantitative estimate of drug-likeness (QED) is 0.303. The van der Waals surface area contributed by atoms with Crippen molar-refractivity contribution in [3.05, 3.63) is 83.3 Å². The summed E-state index contributed by atoms with van der Waals surface area (Å²) in [6.07, 6.45) is 4.66. The third-order valence-corrected chi connectivity index (χ3v) is 5.77. The summed E-state index contributed by atoms with van der Waals surface area (Å²) in [5.74, 6) is 0.175. The van der Waals surface area contributed by atoms with Gasteiger partial charge in [-0.1, -0.05) is 6.07 Å². The summed E-state index contributed by atoms with van der Waals surface area (Å²) in [5, 5.41) is 5.64. The topological polar surface area (TPSA) is 141 Å². The van der Waals surface area contributed by atoms with Crippen LogP contribution < -0.4 is 15.4 Å². The Balaban J connectivity index is 1.24. The highest BCUT2D eigenvalue weighted by molar-refractivity contribution is 7.03. The number of hydrogen-bond acceptors (Lipinski definition) is 11. The molecule has 0 aliphatic rings. The highest BCUT2D eigenvalue weighted by Gasteiger charge is 2.16. The molecule has 0 radical (unpaired) electrons. The van der Waals surface area contributed by atoms with E-state index in [0.717, 1.165) is 16.8 Å². The number of amides is 1. The van der Waals surface area contributed by atoms with Gasteiger partial charge in [-0.3, -0.25) is 9.78 Å². The second-order valence-electron chi connectivity index (χ2n) is 7.98. The summed E-state index contributed by atoms with van der Waals surface area (Å²) in [6, 6.07) is 10.1. The number of carbonyl (C=O) groups excluding carboxylic acids is 1. The number of nitrogens with zero attached hydrogens (tertiary/aromatic N) is 7. The molecule has 0 spiro atoms. The Labute approximate surface area is 220 Å². The van der Waals surface area contributed by atoms with Gasteiger partial charge in [0.25, 0.3) is 5.91 Å². The van der Waals surface area contributed by atoms with Crippen molar-refractivity contribution in [3.63, 3.8) is 0 Å². The molecule has 190 valence electrons. The van der Waals surface area contributed by atoms with Gasteiger partial charge in [0.1, 0.15) is 11.3 Å². The molecular formula is C25H20FN9O2S. The van der Waals surface area contributed by atoms with E-state index >= 15 is 0 Å². The van der Waals surface area contributed by atoms with Crippen LogP contribution in [0.5, 0.6) is 5.88 Å². The van der Waals surface area contributed by atoms with Crippen LogP contribution in [0, 0.1) is 12.7 Å². The first-order chi connectivity index (χ1) is 18.5. The molecule has 5 rings (SSSR count). The number of aromatic nitrogens is 7. The van der Waals surface area contributed by atoms with E-state index in [2.05, 4.69) is 44.9 Å². The monoisotopic (exact) mass is 529 g/mol. The van der Waals surface area contributed by atoms with Crippen LogP contribution in [0.25, 0.3) is 22.6 Å². The second kappa shape index (κ2) is 11.0. The van der Waals surface area contributed by atoms with E-state index in [1.54, 1.807) is 44.1 Å². The van der Waals surface area contributed by atoms with Gasteiger partial charge in [0.05, 0.1) is 12.8 Å². The average molecular weight is 530 g/mol. The first kappa shape index (κ1) is 24.8. The molecule has 0 fully saturated rings. The predicted octanol–water partition coefficient (Wildman–Crippen LogP) is 3.98. The number of carbonyl (C=O) groups is 1. The highest BCUT2D eigenvalue weighted by atomic mass is 32.1. The van der Waals surface area contributed by atoms with Crippen molar-refractivity contribution < 1.29 is 13.9 Å². The van der Waals surface area contributed by atoms with E-state index < -0.39 is 11.7 Å². The molecule has 0 bridgehead atoms. The smallest absolute Gasteiger partial charge is 0.273 e. The molecule has 5 aromatic rings. The lowest BCUT2D eigenvalue weighted by molar-refractivity contribution is 0.0941. The molecule has 5 heterocycles.